The van der Waals surface area contributed by atoms with Crippen LogP contribution in [-0.2, 0) is 26.2 Å². The molecule has 0 saturated heterocycles. The summed E-state index contributed by atoms with van der Waals surface area (Å²) >= 11 is 6.04. The quantitative estimate of drug-likeness (QED) is 0.337. The first kappa shape index (κ1) is 30.0. The number of carbonyl (C=O) groups excluding carboxylic acids is 2. The van der Waals surface area contributed by atoms with Crippen LogP contribution < -0.4 is 14.4 Å². The Labute approximate surface area is 235 Å². The van der Waals surface area contributed by atoms with E-state index >= 15 is 0 Å². The first-order chi connectivity index (χ1) is 18.6. The molecular weight excluding hydrogens is 538 g/mol. The van der Waals surface area contributed by atoms with Crippen molar-refractivity contribution >= 4 is 39.1 Å². The molecule has 0 aromatic heterocycles. The van der Waals surface area contributed by atoms with Gasteiger partial charge in [0.05, 0.1) is 17.2 Å². The van der Waals surface area contributed by atoms with Gasteiger partial charge in [0.25, 0.3) is 10.0 Å². The molecule has 1 atom stereocenters. The minimum atomic E-state index is -4.19. The average Bonchev–Trinajstić information content (AvgIpc) is 2.93. The number of para-hydroxylation sites is 2. The van der Waals surface area contributed by atoms with Gasteiger partial charge in [-0.2, -0.15) is 0 Å². The van der Waals surface area contributed by atoms with Crippen molar-refractivity contribution in [2.45, 2.75) is 44.7 Å². The fourth-order valence-corrected chi connectivity index (χ4v) is 5.71. The average molecular weight is 572 g/mol. The molecule has 0 fully saturated rings. The van der Waals surface area contributed by atoms with Crippen LogP contribution in [0.25, 0.3) is 0 Å². The van der Waals surface area contributed by atoms with Crippen molar-refractivity contribution in [3.8, 4) is 5.75 Å². The van der Waals surface area contributed by atoms with Crippen LogP contribution in [0.3, 0.4) is 0 Å². The second-order valence-corrected chi connectivity index (χ2v) is 11.2. The Bertz CT molecular complexity index is 1380. The fraction of sp³-hybridized carbons (Fsp3) is 0.310. The number of likely N-dealkylation sites (N-methyl/N-ethyl adjacent to an activating group) is 1. The summed E-state index contributed by atoms with van der Waals surface area (Å²) in [7, 11) is -2.69. The molecule has 1 N–H and O–H groups in total. The highest BCUT2D eigenvalue weighted by Crippen LogP contribution is 2.33. The zero-order valence-corrected chi connectivity index (χ0v) is 24.1. The molecule has 8 nitrogen and oxygen atoms in total. The zero-order valence-electron chi connectivity index (χ0n) is 22.6. The maximum atomic E-state index is 14.0. The number of nitrogens with zero attached hydrogens (tertiary/aromatic N) is 2. The SMILES string of the molecule is CCOc1ccccc1N(CC(=O)N(Cc1ccc(Cl)cc1)[C@@H](CC)C(=O)NC)S(=O)(=O)c1ccc(C)cc1. The largest absolute Gasteiger partial charge is 0.492 e. The van der Waals surface area contributed by atoms with Crippen LogP contribution in [0.2, 0.25) is 5.02 Å². The highest BCUT2D eigenvalue weighted by molar-refractivity contribution is 7.92. The molecule has 3 aromatic rings. The molecule has 0 unspecified atom stereocenters. The summed E-state index contributed by atoms with van der Waals surface area (Å²) in [5.41, 5.74) is 1.88. The predicted octanol–water partition coefficient (Wildman–Crippen LogP) is 4.80. The van der Waals surface area contributed by atoms with Gasteiger partial charge >= 0.3 is 0 Å². The number of carbonyl (C=O) groups is 2. The maximum Gasteiger partial charge on any atom is 0.264 e. The maximum absolute atomic E-state index is 14.0. The minimum Gasteiger partial charge on any atom is -0.492 e. The Hall–Kier alpha value is -3.56. The summed E-state index contributed by atoms with van der Waals surface area (Å²) in [4.78, 5) is 28.2. The van der Waals surface area contributed by atoms with E-state index in [0.717, 1.165) is 15.4 Å². The molecule has 208 valence electrons. The van der Waals surface area contributed by atoms with Gasteiger partial charge in [0.15, 0.2) is 0 Å². The van der Waals surface area contributed by atoms with Gasteiger partial charge in [-0.3, -0.25) is 13.9 Å². The molecule has 0 saturated carbocycles. The fourth-order valence-electron chi connectivity index (χ4n) is 4.16. The van der Waals surface area contributed by atoms with Crippen molar-refractivity contribution in [1.29, 1.82) is 0 Å². The van der Waals surface area contributed by atoms with E-state index in [1.807, 2.05) is 6.92 Å². The second kappa shape index (κ2) is 13.5. The number of amides is 2. The van der Waals surface area contributed by atoms with Crippen molar-refractivity contribution in [2.24, 2.45) is 0 Å². The number of benzene rings is 3. The lowest BCUT2D eigenvalue weighted by molar-refractivity contribution is -0.140. The van der Waals surface area contributed by atoms with Crippen LogP contribution >= 0.6 is 11.6 Å². The smallest absolute Gasteiger partial charge is 0.264 e. The lowest BCUT2D eigenvalue weighted by atomic mass is 10.1. The standard InChI is InChI=1S/C29H34ClN3O5S/c1-5-25(29(35)31-4)32(19-22-13-15-23(30)16-14-22)28(34)20-33(26-9-7-8-10-27(26)38-6-2)39(36,37)24-17-11-21(3)12-18-24/h7-18,25H,5-6,19-20H2,1-4H3,(H,31,35)/t25-/m0/s1. The van der Waals surface area contributed by atoms with Crippen LogP contribution in [0.1, 0.15) is 31.4 Å². The van der Waals surface area contributed by atoms with Gasteiger partial charge in [-0.15, -0.1) is 0 Å². The molecule has 3 aromatic carbocycles. The van der Waals surface area contributed by atoms with Crippen LogP contribution in [0.5, 0.6) is 5.75 Å². The van der Waals surface area contributed by atoms with Gasteiger partial charge in [-0.05, 0) is 62.2 Å². The number of aryl methyl sites for hydroxylation is 1. The molecule has 0 aliphatic heterocycles. The van der Waals surface area contributed by atoms with E-state index < -0.39 is 28.5 Å². The third kappa shape index (κ3) is 7.30. The minimum absolute atomic E-state index is 0.0368. The van der Waals surface area contributed by atoms with E-state index in [-0.39, 0.29) is 23.0 Å². The third-order valence-electron chi connectivity index (χ3n) is 6.22. The van der Waals surface area contributed by atoms with E-state index in [4.69, 9.17) is 16.3 Å². The normalized spacial score (nSPS) is 11.9. The molecule has 0 heterocycles. The number of ether oxygens (including phenoxy) is 1. The van der Waals surface area contributed by atoms with E-state index in [0.29, 0.717) is 23.8 Å². The number of halogens is 1. The summed E-state index contributed by atoms with van der Waals surface area (Å²) < 4.78 is 34.8. The Morgan fingerprint density at radius 2 is 1.62 bits per heavy atom. The predicted molar refractivity (Wildman–Crippen MR) is 153 cm³/mol. The number of anilines is 1. The van der Waals surface area contributed by atoms with Crippen LogP contribution in [0.4, 0.5) is 5.69 Å². The van der Waals surface area contributed by atoms with Crippen molar-refractivity contribution in [3.05, 3.63) is 88.9 Å². The van der Waals surface area contributed by atoms with Crippen molar-refractivity contribution in [3.63, 3.8) is 0 Å². The van der Waals surface area contributed by atoms with Gasteiger partial charge in [0.2, 0.25) is 11.8 Å². The Kier molecular flexibility index (Phi) is 10.4. The first-order valence-corrected chi connectivity index (χ1v) is 14.5. The number of hydrogen-bond donors (Lipinski definition) is 1. The van der Waals surface area contributed by atoms with Crippen molar-refractivity contribution < 1.29 is 22.7 Å². The van der Waals surface area contributed by atoms with E-state index in [9.17, 15) is 18.0 Å². The highest BCUT2D eigenvalue weighted by atomic mass is 35.5. The lowest BCUT2D eigenvalue weighted by Crippen LogP contribution is -2.51. The zero-order chi connectivity index (χ0) is 28.6. The Morgan fingerprint density at radius 1 is 0.974 bits per heavy atom. The monoisotopic (exact) mass is 571 g/mol. The summed E-state index contributed by atoms with van der Waals surface area (Å²) in [5.74, 6) is -0.559. The highest BCUT2D eigenvalue weighted by Gasteiger charge is 2.34. The number of nitrogens with one attached hydrogen (secondary N) is 1. The van der Waals surface area contributed by atoms with E-state index in [2.05, 4.69) is 5.32 Å². The Balaban J connectivity index is 2.10. The molecular formula is C29H34ClN3O5S. The number of hydrogen-bond acceptors (Lipinski definition) is 5. The van der Waals surface area contributed by atoms with Crippen LogP contribution in [0.15, 0.2) is 77.7 Å². The molecule has 0 radical (unpaired) electrons. The summed E-state index contributed by atoms with van der Waals surface area (Å²) in [5, 5.41) is 3.15. The second-order valence-electron chi connectivity index (χ2n) is 8.91. The van der Waals surface area contributed by atoms with Gasteiger partial charge in [0.1, 0.15) is 18.3 Å². The molecule has 0 aliphatic carbocycles. The number of rotatable bonds is 12. The van der Waals surface area contributed by atoms with E-state index in [1.165, 1.54) is 24.1 Å². The third-order valence-corrected chi connectivity index (χ3v) is 8.25. The molecule has 10 heteroatoms. The Morgan fingerprint density at radius 3 is 2.21 bits per heavy atom. The van der Waals surface area contributed by atoms with Gasteiger partial charge < -0.3 is 15.0 Å². The molecule has 3 rings (SSSR count). The first-order valence-electron chi connectivity index (χ1n) is 12.7. The number of sulfonamides is 1. The van der Waals surface area contributed by atoms with Crippen LogP contribution in [-0.4, -0.2) is 51.4 Å². The summed E-state index contributed by atoms with van der Waals surface area (Å²) in [6.45, 7) is 5.31. The molecule has 2 amide bonds. The molecule has 39 heavy (non-hydrogen) atoms. The van der Waals surface area contributed by atoms with Gasteiger partial charge in [-0.1, -0.05) is 60.5 Å². The van der Waals surface area contributed by atoms with Crippen molar-refractivity contribution in [2.75, 3.05) is 24.5 Å². The molecule has 0 aliphatic rings. The van der Waals surface area contributed by atoms with Crippen LogP contribution in [0, 0.1) is 6.92 Å². The molecule has 0 spiro atoms. The van der Waals surface area contributed by atoms with Gasteiger partial charge in [-0.25, -0.2) is 8.42 Å². The topological polar surface area (TPSA) is 96.0 Å². The lowest BCUT2D eigenvalue weighted by Gasteiger charge is -2.33. The summed E-state index contributed by atoms with van der Waals surface area (Å²) in [6, 6.07) is 19.2. The van der Waals surface area contributed by atoms with E-state index in [1.54, 1.807) is 74.5 Å². The van der Waals surface area contributed by atoms with Crippen molar-refractivity contribution in [1.82, 2.24) is 10.2 Å². The summed E-state index contributed by atoms with van der Waals surface area (Å²) in [6.07, 6.45) is 0.333. The van der Waals surface area contributed by atoms with Gasteiger partial charge in [0, 0.05) is 18.6 Å². The molecule has 0 bridgehead atoms.